The van der Waals surface area contributed by atoms with Crippen molar-refractivity contribution >= 4 is 32.8 Å². The largest absolute Gasteiger partial charge is 0.376 e. The van der Waals surface area contributed by atoms with Crippen molar-refractivity contribution in [1.82, 2.24) is 13.9 Å². The fourth-order valence-electron chi connectivity index (χ4n) is 4.05. The molecule has 1 saturated heterocycles. The molecule has 0 amide bonds. The van der Waals surface area contributed by atoms with Gasteiger partial charge in [-0.3, -0.25) is 0 Å². The average Bonchev–Trinajstić information content (AvgIpc) is 3.42. The van der Waals surface area contributed by atoms with Gasteiger partial charge in [-0.1, -0.05) is 31.7 Å². The second-order valence-electron chi connectivity index (χ2n) is 7.87. The molecule has 0 bridgehead atoms. The molecule has 6 nitrogen and oxygen atoms in total. The molecule has 2 heterocycles. The molecule has 0 radical (unpaired) electrons. The highest BCUT2D eigenvalue weighted by molar-refractivity contribution is 7.98. The van der Waals surface area contributed by atoms with Crippen LogP contribution in [0.5, 0.6) is 0 Å². The zero-order valence-corrected chi connectivity index (χ0v) is 20.3. The van der Waals surface area contributed by atoms with Gasteiger partial charge in [0.15, 0.2) is 5.16 Å². The van der Waals surface area contributed by atoms with Crippen LogP contribution < -0.4 is 0 Å². The normalized spacial score (nSPS) is 16.8. The molecule has 1 aliphatic rings. The number of thioether (sulfide) groups is 1. The van der Waals surface area contributed by atoms with Crippen LogP contribution in [0.15, 0.2) is 46.5 Å². The van der Waals surface area contributed by atoms with E-state index in [4.69, 9.17) is 4.74 Å². The Morgan fingerprint density at radius 2 is 1.91 bits per heavy atom. The molecule has 0 unspecified atom stereocenters. The van der Waals surface area contributed by atoms with E-state index in [1.54, 1.807) is 32.0 Å². The van der Waals surface area contributed by atoms with Gasteiger partial charge in [0, 0.05) is 31.0 Å². The predicted molar refractivity (Wildman–Crippen MR) is 125 cm³/mol. The molecule has 1 fully saturated rings. The van der Waals surface area contributed by atoms with Gasteiger partial charge in [-0.25, -0.2) is 22.2 Å². The van der Waals surface area contributed by atoms with Crippen LogP contribution in [0.2, 0.25) is 0 Å². The summed E-state index contributed by atoms with van der Waals surface area (Å²) in [6, 6.07) is 8.72. The topological polar surface area (TPSA) is 64.4 Å². The first-order valence-corrected chi connectivity index (χ1v) is 13.5. The van der Waals surface area contributed by atoms with E-state index in [1.165, 1.54) is 34.3 Å². The summed E-state index contributed by atoms with van der Waals surface area (Å²) in [5.74, 6) is -1.13. The van der Waals surface area contributed by atoms with Crippen molar-refractivity contribution in [2.45, 2.75) is 55.1 Å². The average molecular weight is 496 g/mol. The molecule has 178 valence electrons. The Kier molecular flexibility index (Phi) is 7.37. The van der Waals surface area contributed by atoms with Crippen LogP contribution in [0.25, 0.3) is 11.0 Å². The number of ether oxygens (including phenoxy) is 1. The maximum absolute atomic E-state index is 14.1. The van der Waals surface area contributed by atoms with Crippen molar-refractivity contribution in [2.24, 2.45) is 0 Å². The van der Waals surface area contributed by atoms with Crippen molar-refractivity contribution in [1.29, 1.82) is 0 Å². The Morgan fingerprint density at radius 1 is 1.18 bits per heavy atom. The maximum atomic E-state index is 14.1. The first kappa shape index (κ1) is 24.1. The number of nitrogens with zero attached hydrogens (tertiary/aromatic N) is 3. The van der Waals surface area contributed by atoms with Crippen molar-refractivity contribution < 1.29 is 21.9 Å². The number of hydrogen-bond acceptors (Lipinski definition) is 5. The molecule has 2 aromatic carbocycles. The van der Waals surface area contributed by atoms with Crippen molar-refractivity contribution in [2.75, 3.05) is 19.7 Å². The Bertz CT molecular complexity index is 1220. The number of benzene rings is 2. The quantitative estimate of drug-likeness (QED) is 0.399. The van der Waals surface area contributed by atoms with E-state index in [2.05, 4.69) is 4.98 Å². The van der Waals surface area contributed by atoms with Crippen LogP contribution in [-0.2, 0) is 27.1 Å². The highest BCUT2D eigenvalue weighted by Gasteiger charge is 2.25. The molecule has 0 spiro atoms. The first-order valence-electron chi connectivity index (χ1n) is 11.0. The lowest BCUT2D eigenvalue weighted by molar-refractivity contribution is 0.0960. The summed E-state index contributed by atoms with van der Waals surface area (Å²) >= 11 is 1.22. The van der Waals surface area contributed by atoms with E-state index in [1.807, 2.05) is 4.57 Å². The van der Waals surface area contributed by atoms with Crippen molar-refractivity contribution in [3.05, 3.63) is 53.6 Å². The molecule has 0 N–H and O–H groups in total. The summed E-state index contributed by atoms with van der Waals surface area (Å²) in [7, 11) is -3.63. The van der Waals surface area contributed by atoms with Crippen LogP contribution in [0.4, 0.5) is 8.78 Å². The molecular weight excluding hydrogens is 468 g/mol. The SMILES string of the molecule is CCN(CC)S(=O)(=O)c1ccc2c(c1)nc(SCc1c(F)cccc1F)n2C[C@@H]1CCCO1. The Balaban J connectivity index is 1.72. The second kappa shape index (κ2) is 10.1. The zero-order chi connectivity index (χ0) is 23.6. The lowest BCUT2D eigenvalue weighted by Gasteiger charge is -2.18. The molecule has 10 heteroatoms. The number of aromatic nitrogens is 2. The fourth-order valence-corrected chi connectivity index (χ4v) is 6.57. The van der Waals surface area contributed by atoms with Gasteiger partial charge in [0.1, 0.15) is 11.6 Å². The van der Waals surface area contributed by atoms with Crippen LogP contribution in [-0.4, -0.2) is 48.1 Å². The summed E-state index contributed by atoms with van der Waals surface area (Å²) in [5, 5.41) is 0.570. The molecule has 0 saturated carbocycles. The first-order chi connectivity index (χ1) is 15.8. The number of fused-ring (bicyclic) bond motifs is 1. The zero-order valence-electron chi connectivity index (χ0n) is 18.6. The van der Waals surface area contributed by atoms with E-state index in [9.17, 15) is 17.2 Å². The third-order valence-electron chi connectivity index (χ3n) is 5.85. The highest BCUT2D eigenvalue weighted by atomic mass is 32.2. The fraction of sp³-hybridized carbons (Fsp3) is 0.435. The third kappa shape index (κ3) is 4.94. The molecule has 33 heavy (non-hydrogen) atoms. The molecular formula is C23H27F2N3O3S2. The maximum Gasteiger partial charge on any atom is 0.243 e. The number of rotatable bonds is 9. The third-order valence-corrected chi connectivity index (χ3v) is 8.89. The minimum Gasteiger partial charge on any atom is -0.376 e. The number of hydrogen-bond donors (Lipinski definition) is 0. The van der Waals surface area contributed by atoms with E-state index < -0.39 is 21.7 Å². The van der Waals surface area contributed by atoms with Crippen molar-refractivity contribution in [3.63, 3.8) is 0 Å². The molecule has 1 aliphatic heterocycles. The van der Waals surface area contributed by atoms with E-state index in [0.717, 1.165) is 18.4 Å². The van der Waals surface area contributed by atoms with Crippen LogP contribution >= 0.6 is 11.8 Å². The summed E-state index contributed by atoms with van der Waals surface area (Å²) < 4.78 is 63.4. The molecule has 4 rings (SSSR count). The standard InChI is InChI=1S/C23H27F2N3O3S2/c1-3-27(4-2)33(29,30)17-10-11-22-21(13-17)26-23(28(22)14-16-7-6-12-31-16)32-15-18-19(24)8-5-9-20(18)25/h5,8-11,13,16H,3-4,6-7,12,14-15H2,1-2H3/t16-/m0/s1. The lowest BCUT2D eigenvalue weighted by Crippen LogP contribution is -2.30. The second-order valence-corrected chi connectivity index (χ2v) is 10.7. The summed E-state index contributed by atoms with van der Waals surface area (Å²) in [5.41, 5.74) is 1.28. The van der Waals surface area contributed by atoms with Gasteiger partial charge in [0.05, 0.1) is 28.6 Å². The van der Waals surface area contributed by atoms with Gasteiger partial charge in [0.2, 0.25) is 10.0 Å². The van der Waals surface area contributed by atoms with Gasteiger partial charge < -0.3 is 9.30 Å². The van der Waals surface area contributed by atoms with Gasteiger partial charge >= 0.3 is 0 Å². The Morgan fingerprint density at radius 3 is 2.55 bits per heavy atom. The minimum absolute atomic E-state index is 0.0111. The van der Waals surface area contributed by atoms with Crippen LogP contribution in [0.3, 0.4) is 0 Å². The van der Waals surface area contributed by atoms with Crippen LogP contribution in [0, 0.1) is 11.6 Å². The molecule has 0 aliphatic carbocycles. The number of imidazole rings is 1. The Hall–Kier alpha value is -2.01. The van der Waals surface area contributed by atoms with Crippen molar-refractivity contribution in [3.8, 4) is 0 Å². The number of halogens is 2. The summed E-state index contributed by atoms with van der Waals surface area (Å²) in [4.78, 5) is 4.83. The van der Waals surface area contributed by atoms with Gasteiger partial charge in [-0.15, -0.1) is 0 Å². The highest BCUT2D eigenvalue weighted by Crippen LogP contribution is 2.31. The summed E-state index contributed by atoms with van der Waals surface area (Å²) in [6.07, 6.45) is 1.91. The van der Waals surface area contributed by atoms with E-state index in [-0.39, 0.29) is 22.3 Å². The Labute approximate surface area is 197 Å². The smallest absolute Gasteiger partial charge is 0.243 e. The number of sulfonamides is 1. The predicted octanol–water partition coefficient (Wildman–Crippen LogP) is 4.82. The summed E-state index contributed by atoms with van der Waals surface area (Å²) in [6.45, 7) is 5.59. The monoisotopic (exact) mass is 495 g/mol. The van der Waals surface area contributed by atoms with E-state index >= 15 is 0 Å². The minimum atomic E-state index is -3.63. The van der Waals surface area contributed by atoms with Gasteiger partial charge in [0.25, 0.3) is 0 Å². The van der Waals surface area contributed by atoms with E-state index in [0.29, 0.717) is 36.9 Å². The molecule has 1 atom stereocenters. The molecule has 1 aromatic heterocycles. The molecule has 3 aromatic rings. The lowest BCUT2D eigenvalue weighted by atomic mass is 10.2. The van der Waals surface area contributed by atoms with Gasteiger partial charge in [-0.05, 0) is 43.2 Å². The van der Waals surface area contributed by atoms with Crippen LogP contribution in [0.1, 0.15) is 32.3 Å². The van der Waals surface area contributed by atoms with Gasteiger partial charge in [-0.2, -0.15) is 4.31 Å².